The molecule has 0 radical (unpaired) electrons. The maximum atomic E-state index is 5.27. The molecule has 0 aromatic carbocycles. The maximum Gasteiger partial charge on any atom is 0.228 e. The standard InChI is InChI=1S/C11H16N6O2/c1-7-16-8(19-17-7)4-5-13-11-9(18-3)10(12-2)14-6-15-11/h6H,4-5H2,1-3H3,(H2,12,13,14,15). The highest BCUT2D eigenvalue weighted by molar-refractivity contribution is 5.63. The van der Waals surface area contributed by atoms with Crippen molar-refractivity contribution >= 4 is 11.6 Å². The van der Waals surface area contributed by atoms with Crippen LogP contribution >= 0.6 is 0 Å². The van der Waals surface area contributed by atoms with Crippen molar-refractivity contribution in [2.45, 2.75) is 13.3 Å². The Bertz CT molecular complexity index is 542. The van der Waals surface area contributed by atoms with Gasteiger partial charge in [-0.2, -0.15) is 4.98 Å². The molecule has 0 unspecified atom stereocenters. The van der Waals surface area contributed by atoms with Gasteiger partial charge in [-0.1, -0.05) is 5.16 Å². The number of ether oxygens (including phenoxy) is 1. The monoisotopic (exact) mass is 264 g/mol. The van der Waals surface area contributed by atoms with E-state index in [9.17, 15) is 0 Å². The average Bonchev–Trinajstić information content (AvgIpc) is 2.84. The summed E-state index contributed by atoms with van der Waals surface area (Å²) < 4.78 is 10.3. The predicted molar refractivity (Wildman–Crippen MR) is 69.4 cm³/mol. The number of hydrogen-bond acceptors (Lipinski definition) is 8. The fourth-order valence-corrected chi connectivity index (χ4v) is 1.60. The van der Waals surface area contributed by atoms with Gasteiger partial charge in [-0.3, -0.25) is 0 Å². The van der Waals surface area contributed by atoms with Crippen molar-refractivity contribution in [3.8, 4) is 5.75 Å². The molecule has 2 rings (SSSR count). The van der Waals surface area contributed by atoms with E-state index in [4.69, 9.17) is 9.26 Å². The lowest BCUT2D eigenvalue weighted by atomic mass is 10.4. The van der Waals surface area contributed by atoms with Crippen LogP contribution in [0.1, 0.15) is 11.7 Å². The molecule has 0 amide bonds. The first-order valence-corrected chi connectivity index (χ1v) is 5.84. The summed E-state index contributed by atoms with van der Waals surface area (Å²) in [5.74, 6) is 3.05. The van der Waals surface area contributed by atoms with E-state index >= 15 is 0 Å². The Kier molecular flexibility index (Phi) is 4.11. The minimum atomic E-state index is 0.576. The van der Waals surface area contributed by atoms with Crippen LogP contribution in [0.2, 0.25) is 0 Å². The van der Waals surface area contributed by atoms with Crippen LogP contribution in [0.15, 0.2) is 10.9 Å². The van der Waals surface area contributed by atoms with Gasteiger partial charge in [0.25, 0.3) is 0 Å². The lowest BCUT2D eigenvalue weighted by Crippen LogP contribution is -2.09. The SMILES string of the molecule is CNc1ncnc(NCCc2nc(C)no2)c1OC. The molecule has 8 heteroatoms. The number of nitrogens with zero attached hydrogens (tertiary/aromatic N) is 4. The van der Waals surface area contributed by atoms with E-state index in [1.54, 1.807) is 21.1 Å². The largest absolute Gasteiger partial charge is 0.490 e. The van der Waals surface area contributed by atoms with Gasteiger partial charge in [0.1, 0.15) is 6.33 Å². The number of methoxy groups -OCH3 is 1. The molecule has 0 aliphatic rings. The number of anilines is 2. The van der Waals surface area contributed by atoms with Gasteiger partial charge in [0.15, 0.2) is 17.5 Å². The molecule has 0 atom stereocenters. The predicted octanol–water partition coefficient (Wildman–Crippen LogP) is 0.873. The first-order valence-electron chi connectivity index (χ1n) is 5.84. The van der Waals surface area contributed by atoms with Crippen LogP contribution in [0, 0.1) is 6.92 Å². The van der Waals surface area contributed by atoms with Crippen LogP contribution in [0.5, 0.6) is 5.75 Å². The second-order valence-corrected chi connectivity index (χ2v) is 3.77. The molecule has 0 saturated heterocycles. The fourth-order valence-electron chi connectivity index (χ4n) is 1.60. The topological polar surface area (TPSA) is 98.0 Å². The molecular formula is C11H16N6O2. The first kappa shape index (κ1) is 13.1. The normalized spacial score (nSPS) is 10.3. The van der Waals surface area contributed by atoms with Gasteiger partial charge in [-0.15, -0.1) is 0 Å². The Morgan fingerprint density at radius 1 is 1.32 bits per heavy atom. The molecule has 0 bridgehead atoms. The smallest absolute Gasteiger partial charge is 0.228 e. The van der Waals surface area contributed by atoms with E-state index in [1.165, 1.54) is 6.33 Å². The Balaban J connectivity index is 1.99. The highest BCUT2D eigenvalue weighted by Crippen LogP contribution is 2.28. The van der Waals surface area contributed by atoms with Crippen LogP contribution in [-0.4, -0.2) is 40.8 Å². The van der Waals surface area contributed by atoms with Gasteiger partial charge in [0, 0.05) is 20.0 Å². The highest BCUT2D eigenvalue weighted by atomic mass is 16.5. The average molecular weight is 264 g/mol. The number of aromatic nitrogens is 4. The van der Waals surface area contributed by atoms with Crippen LogP contribution < -0.4 is 15.4 Å². The molecule has 0 spiro atoms. The van der Waals surface area contributed by atoms with Crippen molar-refractivity contribution < 1.29 is 9.26 Å². The van der Waals surface area contributed by atoms with Gasteiger partial charge < -0.3 is 19.9 Å². The Morgan fingerprint density at radius 2 is 2.11 bits per heavy atom. The molecule has 8 nitrogen and oxygen atoms in total. The zero-order valence-corrected chi connectivity index (χ0v) is 11.1. The summed E-state index contributed by atoms with van der Waals surface area (Å²) in [5, 5.41) is 9.82. The zero-order valence-electron chi connectivity index (χ0n) is 11.1. The van der Waals surface area contributed by atoms with Gasteiger partial charge in [-0.05, 0) is 6.92 Å². The zero-order chi connectivity index (χ0) is 13.7. The van der Waals surface area contributed by atoms with Crippen molar-refractivity contribution in [2.75, 3.05) is 31.3 Å². The van der Waals surface area contributed by atoms with Crippen LogP contribution in [0.3, 0.4) is 0 Å². The van der Waals surface area contributed by atoms with Crippen LogP contribution in [0.4, 0.5) is 11.6 Å². The summed E-state index contributed by atoms with van der Waals surface area (Å²) in [6.07, 6.45) is 2.08. The second kappa shape index (κ2) is 5.98. The highest BCUT2D eigenvalue weighted by Gasteiger charge is 2.11. The van der Waals surface area contributed by atoms with Gasteiger partial charge in [0.2, 0.25) is 11.6 Å². The van der Waals surface area contributed by atoms with E-state index in [0.717, 1.165) is 0 Å². The molecule has 0 fully saturated rings. The molecule has 2 heterocycles. The third-order valence-corrected chi connectivity index (χ3v) is 2.45. The number of rotatable bonds is 6. The minimum Gasteiger partial charge on any atom is -0.490 e. The quantitative estimate of drug-likeness (QED) is 0.793. The Hall–Kier alpha value is -2.38. The van der Waals surface area contributed by atoms with E-state index in [0.29, 0.717) is 42.1 Å². The van der Waals surface area contributed by atoms with Gasteiger partial charge in [-0.25, -0.2) is 9.97 Å². The van der Waals surface area contributed by atoms with Gasteiger partial charge >= 0.3 is 0 Å². The molecule has 0 aliphatic heterocycles. The van der Waals surface area contributed by atoms with Crippen molar-refractivity contribution in [3.05, 3.63) is 18.0 Å². The maximum absolute atomic E-state index is 5.27. The summed E-state index contributed by atoms with van der Waals surface area (Å²) in [5.41, 5.74) is 0. The lowest BCUT2D eigenvalue weighted by Gasteiger charge is -2.11. The third-order valence-electron chi connectivity index (χ3n) is 2.45. The number of aryl methyl sites for hydroxylation is 1. The molecule has 19 heavy (non-hydrogen) atoms. The summed E-state index contributed by atoms with van der Waals surface area (Å²) in [7, 11) is 3.35. The molecule has 2 aromatic rings. The Morgan fingerprint density at radius 3 is 2.74 bits per heavy atom. The van der Waals surface area contributed by atoms with Crippen LogP contribution in [-0.2, 0) is 6.42 Å². The molecule has 102 valence electrons. The molecule has 2 aromatic heterocycles. The van der Waals surface area contributed by atoms with E-state index in [-0.39, 0.29) is 0 Å². The van der Waals surface area contributed by atoms with Crippen molar-refractivity contribution in [3.63, 3.8) is 0 Å². The first-order chi connectivity index (χ1) is 9.24. The summed E-state index contributed by atoms with van der Waals surface area (Å²) in [4.78, 5) is 12.3. The lowest BCUT2D eigenvalue weighted by molar-refractivity contribution is 0.376. The molecule has 0 saturated carbocycles. The Labute approximate surface area is 110 Å². The van der Waals surface area contributed by atoms with Crippen molar-refractivity contribution in [2.24, 2.45) is 0 Å². The summed E-state index contributed by atoms with van der Waals surface area (Å²) in [6, 6.07) is 0. The second-order valence-electron chi connectivity index (χ2n) is 3.77. The third kappa shape index (κ3) is 3.09. The molecular weight excluding hydrogens is 248 g/mol. The van der Waals surface area contributed by atoms with Crippen LogP contribution in [0.25, 0.3) is 0 Å². The number of nitrogens with one attached hydrogen (secondary N) is 2. The summed E-state index contributed by atoms with van der Waals surface area (Å²) >= 11 is 0. The summed E-state index contributed by atoms with van der Waals surface area (Å²) in [6.45, 7) is 2.39. The van der Waals surface area contributed by atoms with E-state index in [1.807, 2.05) is 0 Å². The minimum absolute atomic E-state index is 0.576. The van der Waals surface area contributed by atoms with E-state index < -0.39 is 0 Å². The molecule has 0 aliphatic carbocycles. The van der Waals surface area contributed by atoms with Gasteiger partial charge in [0.05, 0.1) is 7.11 Å². The van der Waals surface area contributed by atoms with Crippen molar-refractivity contribution in [1.82, 2.24) is 20.1 Å². The molecule has 2 N–H and O–H groups in total. The number of hydrogen-bond donors (Lipinski definition) is 2. The van der Waals surface area contributed by atoms with Crippen molar-refractivity contribution in [1.29, 1.82) is 0 Å². The van der Waals surface area contributed by atoms with E-state index in [2.05, 4.69) is 30.7 Å². The fraction of sp³-hybridized carbons (Fsp3) is 0.455.